The molecule has 2 aromatic carbocycles. The Labute approximate surface area is 150 Å². The molecule has 4 aromatic rings. The van der Waals surface area contributed by atoms with Gasteiger partial charge in [-0.3, -0.25) is 9.98 Å². The van der Waals surface area contributed by atoms with Crippen molar-refractivity contribution in [2.45, 2.75) is 13.8 Å². The average molecular weight is 343 g/mol. The molecule has 0 spiro atoms. The summed E-state index contributed by atoms with van der Waals surface area (Å²) in [6, 6.07) is 13.0. The maximum atomic E-state index is 10.1. The Bertz CT molecular complexity index is 1120. The van der Waals surface area contributed by atoms with E-state index < -0.39 is 0 Å². The van der Waals surface area contributed by atoms with Gasteiger partial charge in [0.15, 0.2) is 5.58 Å². The number of benzene rings is 2. The number of pyridine rings is 1. The van der Waals surface area contributed by atoms with E-state index in [-0.39, 0.29) is 5.75 Å². The molecule has 0 aliphatic rings. The predicted octanol–water partition coefficient (Wildman–Crippen LogP) is 4.96. The summed E-state index contributed by atoms with van der Waals surface area (Å²) < 4.78 is 5.78. The van der Waals surface area contributed by atoms with Crippen LogP contribution >= 0.6 is 0 Å². The van der Waals surface area contributed by atoms with Gasteiger partial charge in [-0.15, -0.1) is 0 Å². The molecule has 5 nitrogen and oxygen atoms in total. The summed E-state index contributed by atoms with van der Waals surface area (Å²) in [5, 5.41) is 10.1. The van der Waals surface area contributed by atoms with Crippen molar-refractivity contribution in [2.24, 2.45) is 4.99 Å². The van der Waals surface area contributed by atoms with Crippen molar-refractivity contribution in [2.75, 3.05) is 0 Å². The lowest BCUT2D eigenvalue weighted by Gasteiger charge is -2.04. The number of hydrogen-bond donors (Lipinski definition) is 1. The molecule has 2 aromatic heterocycles. The van der Waals surface area contributed by atoms with Gasteiger partial charge in [-0.2, -0.15) is 0 Å². The molecule has 0 fully saturated rings. The van der Waals surface area contributed by atoms with Gasteiger partial charge in [0.05, 0.1) is 11.3 Å². The minimum atomic E-state index is 0.221. The molecule has 0 atom stereocenters. The van der Waals surface area contributed by atoms with Crippen LogP contribution in [0.4, 0.5) is 5.69 Å². The number of phenols is 1. The van der Waals surface area contributed by atoms with Crippen molar-refractivity contribution < 1.29 is 9.52 Å². The lowest BCUT2D eigenvalue weighted by atomic mass is 10.1. The first kappa shape index (κ1) is 16.0. The number of nitrogens with zero attached hydrogens (tertiary/aromatic N) is 3. The van der Waals surface area contributed by atoms with Crippen LogP contribution in [-0.2, 0) is 0 Å². The third-order valence-electron chi connectivity index (χ3n) is 4.28. The Morgan fingerprint density at radius 1 is 1.08 bits per heavy atom. The maximum absolute atomic E-state index is 10.1. The lowest BCUT2D eigenvalue weighted by Crippen LogP contribution is -1.87. The third-order valence-corrected chi connectivity index (χ3v) is 4.28. The smallest absolute Gasteiger partial charge is 0.228 e. The van der Waals surface area contributed by atoms with Crippen LogP contribution in [0, 0.1) is 13.8 Å². The number of oxazole rings is 1. The normalized spacial score (nSPS) is 11.5. The van der Waals surface area contributed by atoms with E-state index in [4.69, 9.17) is 4.42 Å². The minimum absolute atomic E-state index is 0.221. The molecule has 0 unspecified atom stereocenters. The summed E-state index contributed by atoms with van der Waals surface area (Å²) in [7, 11) is 0. The largest absolute Gasteiger partial charge is 0.507 e. The molecule has 0 bridgehead atoms. The fourth-order valence-corrected chi connectivity index (χ4v) is 2.68. The molecule has 0 amide bonds. The fourth-order valence-electron chi connectivity index (χ4n) is 2.68. The van der Waals surface area contributed by atoms with Crippen LogP contribution in [0.25, 0.3) is 22.6 Å². The molecular weight excluding hydrogens is 326 g/mol. The van der Waals surface area contributed by atoms with Crippen LogP contribution in [0.2, 0.25) is 0 Å². The van der Waals surface area contributed by atoms with Crippen molar-refractivity contribution in [3.8, 4) is 17.2 Å². The second-order valence-electron chi connectivity index (χ2n) is 6.17. The summed E-state index contributed by atoms with van der Waals surface area (Å²) in [5.74, 6) is 0.749. The van der Waals surface area contributed by atoms with E-state index in [1.807, 2.05) is 50.2 Å². The maximum Gasteiger partial charge on any atom is 0.228 e. The standard InChI is InChI=1S/C21H17N3O2/c1-13-8-16(19(25)9-14(13)2)12-23-17-5-6-20-18(10-17)24-21(26-20)15-4-3-7-22-11-15/h3-12,25H,1-2H3. The number of fused-ring (bicyclic) bond motifs is 1. The van der Waals surface area contributed by atoms with Crippen LogP contribution in [0.3, 0.4) is 0 Å². The van der Waals surface area contributed by atoms with E-state index in [0.717, 1.165) is 27.9 Å². The molecule has 2 heterocycles. The number of rotatable bonds is 3. The zero-order valence-corrected chi connectivity index (χ0v) is 14.5. The van der Waals surface area contributed by atoms with Crippen molar-refractivity contribution >= 4 is 23.0 Å². The van der Waals surface area contributed by atoms with Gasteiger partial charge in [-0.05, 0) is 67.4 Å². The van der Waals surface area contributed by atoms with Crippen LogP contribution in [-0.4, -0.2) is 21.3 Å². The van der Waals surface area contributed by atoms with Gasteiger partial charge in [0.25, 0.3) is 0 Å². The number of phenolic OH excluding ortho intramolecular Hbond substituents is 1. The Balaban J connectivity index is 1.67. The highest BCUT2D eigenvalue weighted by Crippen LogP contribution is 2.27. The zero-order chi connectivity index (χ0) is 18.1. The Morgan fingerprint density at radius 2 is 1.92 bits per heavy atom. The summed E-state index contributed by atoms with van der Waals surface area (Å²) >= 11 is 0. The second kappa shape index (κ2) is 6.44. The molecule has 26 heavy (non-hydrogen) atoms. The molecule has 0 aliphatic carbocycles. The summed E-state index contributed by atoms with van der Waals surface area (Å²) in [4.78, 5) is 13.1. The van der Waals surface area contributed by atoms with Crippen LogP contribution < -0.4 is 0 Å². The zero-order valence-electron chi connectivity index (χ0n) is 14.5. The van der Waals surface area contributed by atoms with Gasteiger partial charge in [0.2, 0.25) is 5.89 Å². The molecule has 0 radical (unpaired) electrons. The van der Waals surface area contributed by atoms with Crippen molar-refractivity contribution in [1.82, 2.24) is 9.97 Å². The number of aryl methyl sites for hydroxylation is 2. The minimum Gasteiger partial charge on any atom is -0.507 e. The number of aliphatic imine (C=N–C) groups is 1. The SMILES string of the molecule is Cc1cc(O)c(C=Nc2ccc3oc(-c4cccnc4)nc3c2)cc1C. The highest BCUT2D eigenvalue weighted by Gasteiger charge is 2.08. The topological polar surface area (TPSA) is 71.5 Å². The van der Waals surface area contributed by atoms with Crippen LogP contribution in [0.1, 0.15) is 16.7 Å². The van der Waals surface area contributed by atoms with E-state index in [9.17, 15) is 5.11 Å². The highest BCUT2D eigenvalue weighted by molar-refractivity contribution is 5.87. The molecule has 0 saturated carbocycles. The van der Waals surface area contributed by atoms with Crippen molar-refractivity contribution in [3.63, 3.8) is 0 Å². The summed E-state index contributed by atoms with van der Waals surface area (Å²) in [5.41, 5.74) is 5.82. The molecule has 4 rings (SSSR count). The van der Waals surface area contributed by atoms with E-state index in [0.29, 0.717) is 17.0 Å². The number of hydrogen-bond acceptors (Lipinski definition) is 5. The molecule has 0 aliphatic heterocycles. The van der Waals surface area contributed by atoms with Gasteiger partial charge in [-0.25, -0.2) is 4.98 Å². The van der Waals surface area contributed by atoms with E-state index in [1.54, 1.807) is 24.7 Å². The monoisotopic (exact) mass is 343 g/mol. The second-order valence-corrected chi connectivity index (χ2v) is 6.17. The van der Waals surface area contributed by atoms with E-state index >= 15 is 0 Å². The number of aromatic hydroxyl groups is 1. The quantitative estimate of drug-likeness (QED) is 0.534. The van der Waals surface area contributed by atoms with Gasteiger partial charge in [0, 0.05) is 24.2 Å². The van der Waals surface area contributed by atoms with Crippen molar-refractivity contribution in [1.29, 1.82) is 0 Å². The molecule has 128 valence electrons. The first-order valence-corrected chi connectivity index (χ1v) is 8.25. The Hall–Kier alpha value is -3.47. The first-order valence-electron chi connectivity index (χ1n) is 8.25. The summed E-state index contributed by atoms with van der Waals surface area (Å²) in [6.45, 7) is 3.97. The third kappa shape index (κ3) is 3.07. The predicted molar refractivity (Wildman–Crippen MR) is 102 cm³/mol. The van der Waals surface area contributed by atoms with E-state index in [1.165, 1.54) is 0 Å². The first-order chi connectivity index (χ1) is 12.6. The van der Waals surface area contributed by atoms with Gasteiger partial charge < -0.3 is 9.52 Å². The van der Waals surface area contributed by atoms with Gasteiger partial charge in [0.1, 0.15) is 11.3 Å². The lowest BCUT2D eigenvalue weighted by molar-refractivity contribution is 0.474. The Morgan fingerprint density at radius 3 is 2.73 bits per heavy atom. The molecular formula is C21H17N3O2. The van der Waals surface area contributed by atoms with Crippen LogP contribution in [0.5, 0.6) is 5.75 Å². The molecule has 1 N–H and O–H groups in total. The molecule has 5 heteroatoms. The van der Waals surface area contributed by atoms with Gasteiger partial charge >= 0.3 is 0 Å². The highest BCUT2D eigenvalue weighted by atomic mass is 16.3. The van der Waals surface area contributed by atoms with Crippen molar-refractivity contribution in [3.05, 3.63) is 71.5 Å². The van der Waals surface area contributed by atoms with E-state index in [2.05, 4.69) is 15.0 Å². The van der Waals surface area contributed by atoms with Crippen LogP contribution in [0.15, 0.2) is 64.3 Å². The fraction of sp³-hybridized carbons (Fsp3) is 0.0952. The Kier molecular flexibility index (Phi) is 3.97. The number of aromatic nitrogens is 2. The molecule has 0 saturated heterocycles. The van der Waals surface area contributed by atoms with Gasteiger partial charge in [-0.1, -0.05) is 0 Å². The summed E-state index contributed by atoms with van der Waals surface area (Å²) in [6.07, 6.45) is 5.08. The average Bonchev–Trinajstić information content (AvgIpc) is 3.08.